The van der Waals surface area contributed by atoms with E-state index < -0.39 is 0 Å². The van der Waals surface area contributed by atoms with Gasteiger partial charge in [0.2, 0.25) is 0 Å². The lowest BCUT2D eigenvalue weighted by Gasteiger charge is -1.88. The monoisotopic (exact) mass is 328 g/mol. The third kappa shape index (κ3) is 3.18. The van der Waals surface area contributed by atoms with Crippen LogP contribution in [-0.2, 0) is 0 Å². The second-order valence-corrected chi connectivity index (χ2v) is 7.17. The van der Waals surface area contributed by atoms with Gasteiger partial charge in [-0.3, -0.25) is 0 Å². The van der Waals surface area contributed by atoms with Crippen molar-refractivity contribution in [2.45, 2.75) is 13.8 Å². The molecule has 0 amide bonds. The number of fused-ring (bicyclic) bond motifs is 2. The highest BCUT2D eigenvalue weighted by Gasteiger charge is 1.99. The van der Waals surface area contributed by atoms with Gasteiger partial charge in [0.1, 0.15) is 0 Å². The number of rotatable bonds is 0. The van der Waals surface area contributed by atoms with Gasteiger partial charge in [0.15, 0.2) is 10.3 Å². The van der Waals surface area contributed by atoms with E-state index in [1.807, 2.05) is 18.2 Å². The van der Waals surface area contributed by atoms with Crippen molar-refractivity contribution in [3.63, 3.8) is 0 Å². The standard InChI is InChI=1S/2C8H8N2S/c1-5-2-3-7-6(4-5)10-8(9)11-7;1-5-2-3-6-7(4-5)11-8(9)10-6/h2*2-4H,1H3,(H2,9,10). The number of benzene rings is 2. The van der Waals surface area contributed by atoms with Gasteiger partial charge in [-0.15, -0.1) is 0 Å². The van der Waals surface area contributed by atoms with E-state index in [0.717, 1.165) is 15.7 Å². The Labute approximate surface area is 136 Å². The van der Waals surface area contributed by atoms with Crippen LogP contribution in [0.2, 0.25) is 0 Å². The van der Waals surface area contributed by atoms with Crippen LogP contribution in [-0.4, -0.2) is 9.97 Å². The van der Waals surface area contributed by atoms with Crippen LogP contribution in [0.4, 0.5) is 10.3 Å². The van der Waals surface area contributed by atoms with E-state index in [1.165, 1.54) is 38.5 Å². The summed E-state index contributed by atoms with van der Waals surface area (Å²) in [5, 5.41) is 1.29. The highest BCUT2D eigenvalue weighted by Crippen LogP contribution is 2.24. The molecule has 112 valence electrons. The fourth-order valence-electron chi connectivity index (χ4n) is 2.10. The number of hydrogen-bond acceptors (Lipinski definition) is 6. The normalized spacial score (nSPS) is 10.6. The maximum atomic E-state index is 5.55. The van der Waals surface area contributed by atoms with Gasteiger partial charge in [-0.25, -0.2) is 9.97 Å². The summed E-state index contributed by atoms with van der Waals surface area (Å²) in [6, 6.07) is 12.3. The third-order valence-corrected chi connectivity index (χ3v) is 4.83. The van der Waals surface area contributed by atoms with Crippen molar-refractivity contribution in [3.05, 3.63) is 47.5 Å². The molecular weight excluding hydrogens is 312 g/mol. The Morgan fingerprint density at radius 3 is 2.09 bits per heavy atom. The molecule has 0 bridgehead atoms. The third-order valence-electron chi connectivity index (χ3n) is 3.12. The number of hydrogen-bond donors (Lipinski definition) is 2. The van der Waals surface area contributed by atoms with Crippen LogP contribution >= 0.6 is 22.7 Å². The maximum Gasteiger partial charge on any atom is 0.181 e. The lowest BCUT2D eigenvalue weighted by Crippen LogP contribution is -1.79. The number of nitrogen functional groups attached to an aromatic ring is 2. The molecule has 4 nitrogen and oxygen atoms in total. The highest BCUT2D eigenvalue weighted by molar-refractivity contribution is 7.22. The average Bonchev–Trinajstić information content (AvgIpc) is 2.99. The molecule has 4 aromatic rings. The second kappa shape index (κ2) is 5.90. The summed E-state index contributed by atoms with van der Waals surface area (Å²) < 4.78 is 2.33. The SMILES string of the molecule is Cc1ccc2nc(N)sc2c1.Cc1ccc2sc(N)nc2c1. The minimum absolute atomic E-state index is 0.644. The van der Waals surface area contributed by atoms with E-state index >= 15 is 0 Å². The van der Waals surface area contributed by atoms with Gasteiger partial charge in [0.05, 0.1) is 20.4 Å². The molecule has 0 aliphatic rings. The molecule has 0 atom stereocenters. The number of thiazole rings is 2. The lowest BCUT2D eigenvalue weighted by atomic mass is 10.2. The van der Waals surface area contributed by atoms with E-state index in [4.69, 9.17) is 11.5 Å². The summed E-state index contributed by atoms with van der Waals surface area (Å²) in [6.07, 6.45) is 0. The first kappa shape index (κ1) is 14.7. The molecule has 2 heterocycles. The van der Waals surface area contributed by atoms with Gasteiger partial charge in [-0.1, -0.05) is 34.8 Å². The summed E-state index contributed by atoms with van der Waals surface area (Å²) in [5.41, 5.74) is 15.6. The van der Waals surface area contributed by atoms with Crippen molar-refractivity contribution in [2.24, 2.45) is 0 Å². The number of nitrogens with zero attached hydrogens (tertiary/aromatic N) is 2. The van der Waals surface area contributed by atoms with Crippen LogP contribution in [0, 0.1) is 13.8 Å². The highest BCUT2D eigenvalue weighted by atomic mass is 32.1. The van der Waals surface area contributed by atoms with Crippen molar-refractivity contribution >= 4 is 53.4 Å². The van der Waals surface area contributed by atoms with E-state index in [-0.39, 0.29) is 0 Å². The summed E-state index contributed by atoms with van der Waals surface area (Å²) in [4.78, 5) is 8.32. The van der Waals surface area contributed by atoms with Crippen molar-refractivity contribution < 1.29 is 0 Å². The summed E-state index contributed by atoms with van der Waals surface area (Å²) in [5.74, 6) is 0. The molecule has 4 N–H and O–H groups in total. The zero-order chi connectivity index (χ0) is 15.7. The molecule has 2 aromatic heterocycles. The largest absolute Gasteiger partial charge is 0.375 e. The Hall–Kier alpha value is -2.18. The molecule has 4 rings (SSSR count). The predicted molar refractivity (Wildman–Crippen MR) is 97.5 cm³/mol. The Kier molecular flexibility index (Phi) is 3.96. The molecule has 0 spiro atoms. The molecule has 0 unspecified atom stereocenters. The predicted octanol–water partition coefficient (Wildman–Crippen LogP) is 4.37. The van der Waals surface area contributed by atoms with E-state index in [9.17, 15) is 0 Å². The average molecular weight is 328 g/mol. The van der Waals surface area contributed by atoms with Gasteiger partial charge in [0, 0.05) is 0 Å². The first-order valence-electron chi connectivity index (χ1n) is 6.76. The van der Waals surface area contributed by atoms with Crippen molar-refractivity contribution in [1.29, 1.82) is 0 Å². The molecule has 6 heteroatoms. The van der Waals surface area contributed by atoms with Gasteiger partial charge in [-0.2, -0.15) is 0 Å². The summed E-state index contributed by atoms with van der Waals surface area (Å²) in [7, 11) is 0. The number of aryl methyl sites for hydroxylation is 2. The first-order chi connectivity index (χ1) is 10.5. The Morgan fingerprint density at radius 2 is 1.32 bits per heavy atom. The minimum Gasteiger partial charge on any atom is -0.375 e. The number of nitrogens with two attached hydrogens (primary N) is 2. The Bertz CT molecular complexity index is 862. The zero-order valence-electron chi connectivity index (χ0n) is 12.3. The Balaban J connectivity index is 0.000000131. The second-order valence-electron chi connectivity index (χ2n) is 5.05. The van der Waals surface area contributed by atoms with Crippen LogP contribution in [0.5, 0.6) is 0 Å². The lowest BCUT2D eigenvalue weighted by molar-refractivity contribution is 1.45. The number of aromatic nitrogens is 2. The van der Waals surface area contributed by atoms with E-state index in [0.29, 0.717) is 10.3 Å². The topological polar surface area (TPSA) is 77.8 Å². The van der Waals surface area contributed by atoms with Crippen molar-refractivity contribution in [1.82, 2.24) is 9.97 Å². The van der Waals surface area contributed by atoms with Crippen LogP contribution < -0.4 is 11.5 Å². The van der Waals surface area contributed by atoms with Crippen molar-refractivity contribution in [3.8, 4) is 0 Å². The van der Waals surface area contributed by atoms with Crippen LogP contribution in [0.1, 0.15) is 11.1 Å². The van der Waals surface area contributed by atoms with Crippen molar-refractivity contribution in [2.75, 3.05) is 11.5 Å². The van der Waals surface area contributed by atoms with Gasteiger partial charge in [-0.05, 0) is 49.2 Å². The smallest absolute Gasteiger partial charge is 0.181 e. The molecule has 0 aliphatic heterocycles. The molecule has 0 radical (unpaired) electrons. The molecule has 0 fully saturated rings. The molecule has 0 saturated heterocycles. The first-order valence-corrected chi connectivity index (χ1v) is 8.40. The van der Waals surface area contributed by atoms with E-state index in [2.05, 4.69) is 42.0 Å². The molecule has 22 heavy (non-hydrogen) atoms. The maximum absolute atomic E-state index is 5.55. The molecular formula is C16H16N4S2. The Morgan fingerprint density at radius 1 is 0.727 bits per heavy atom. The van der Waals surface area contributed by atoms with Gasteiger partial charge >= 0.3 is 0 Å². The minimum atomic E-state index is 0.644. The number of anilines is 2. The molecule has 0 aliphatic carbocycles. The fraction of sp³-hybridized carbons (Fsp3) is 0.125. The fourth-order valence-corrected chi connectivity index (χ4v) is 3.65. The zero-order valence-corrected chi connectivity index (χ0v) is 14.0. The quantitative estimate of drug-likeness (QED) is 0.502. The van der Waals surface area contributed by atoms with Gasteiger partial charge < -0.3 is 11.5 Å². The molecule has 0 saturated carbocycles. The van der Waals surface area contributed by atoms with Crippen LogP contribution in [0.3, 0.4) is 0 Å². The van der Waals surface area contributed by atoms with Gasteiger partial charge in [0.25, 0.3) is 0 Å². The van der Waals surface area contributed by atoms with Crippen LogP contribution in [0.15, 0.2) is 36.4 Å². The van der Waals surface area contributed by atoms with Crippen LogP contribution in [0.25, 0.3) is 20.4 Å². The molecule has 2 aromatic carbocycles. The summed E-state index contributed by atoms with van der Waals surface area (Å²) in [6.45, 7) is 4.12. The van der Waals surface area contributed by atoms with E-state index in [1.54, 1.807) is 0 Å². The summed E-state index contributed by atoms with van der Waals surface area (Å²) >= 11 is 3.06.